The molecule has 5 rings (SSSR count). The van der Waals surface area contributed by atoms with Gasteiger partial charge in [0, 0.05) is 36.0 Å². The van der Waals surface area contributed by atoms with Gasteiger partial charge in [0.15, 0.2) is 5.82 Å². The summed E-state index contributed by atoms with van der Waals surface area (Å²) < 4.78 is 0. The lowest BCUT2D eigenvalue weighted by atomic mass is 9.97. The van der Waals surface area contributed by atoms with Gasteiger partial charge >= 0.3 is 0 Å². The average molecular weight is 469 g/mol. The van der Waals surface area contributed by atoms with Crippen molar-refractivity contribution in [2.75, 3.05) is 18.0 Å². The Morgan fingerprint density at radius 2 is 1.89 bits per heavy atom. The number of benzene rings is 2. The number of carbonyl (C=O) groups is 2. The molecule has 180 valence electrons. The fraction of sp³-hybridized carbons (Fsp3) is 0.379. The molecule has 1 aromatic heterocycles. The number of anilines is 1. The van der Waals surface area contributed by atoms with Crippen molar-refractivity contribution < 1.29 is 9.59 Å². The Kier molecular flexibility index (Phi) is 6.37. The molecule has 0 saturated carbocycles. The molecule has 2 aromatic carbocycles. The highest BCUT2D eigenvalue weighted by Crippen LogP contribution is 2.32. The largest absolute Gasteiger partial charge is 0.338 e. The smallest absolute Gasteiger partial charge is 0.253 e. The van der Waals surface area contributed by atoms with Crippen LogP contribution in [0.3, 0.4) is 0 Å². The Labute approximate surface area is 207 Å². The van der Waals surface area contributed by atoms with Gasteiger partial charge in [-0.25, -0.2) is 9.97 Å². The third-order valence-corrected chi connectivity index (χ3v) is 7.05. The summed E-state index contributed by atoms with van der Waals surface area (Å²) in [6.07, 6.45) is 4.34. The Bertz CT molecular complexity index is 1250. The van der Waals surface area contributed by atoms with Crippen LogP contribution in [0.25, 0.3) is 11.4 Å². The van der Waals surface area contributed by atoms with Gasteiger partial charge in [0.1, 0.15) is 5.82 Å². The number of nitrogens with zero attached hydrogens (tertiary/aromatic N) is 4. The van der Waals surface area contributed by atoms with Crippen molar-refractivity contribution in [3.8, 4) is 11.4 Å². The van der Waals surface area contributed by atoms with Gasteiger partial charge in [0.05, 0.1) is 13.0 Å². The summed E-state index contributed by atoms with van der Waals surface area (Å²) in [7, 11) is 0. The van der Waals surface area contributed by atoms with E-state index in [4.69, 9.17) is 4.98 Å². The second kappa shape index (κ2) is 9.61. The number of carbonyl (C=O) groups excluding carboxylic acids is 2. The van der Waals surface area contributed by atoms with Crippen molar-refractivity contribution in [1.82, 2.24) is 14.9 Å². The number of rotatable bonds is 5. The van der Waals surface area contributed by atoms with Crippen LogP contribution in [0.1, 0.15) is 66.6 Å². The summed E-state index contributed by atoms with van der Waals surface area (Å²) in [5.74, 6) is 2.33. The Hall–Kier alpha value is -3.54. The molecular weight excluding hydrogens is 436 g/mol. The first-order valence-electron chi connectivity index (χ1n) is 12.5. The van der Waals surface area contributed by atoms with E-state index in [9.17, 15) is 9.59 Å². The topological polar surface area (TPSA) is 66.4 Å². The molecule has 0 aliphatic carbocycles. The Morgan fingerprint density at radius 1 is 1.11 bits per heavy atom. The van der Waals surface area contributed by atoms with Gasteiger partial charge in [-0.1, -0.05) is 57.2 Å². The van der Waals surface area contributed by atoms with Crippen LogP contribution in [0.5, 0.6) is 0 Å². The summed E-state index contributed by atoms with van der Waals surface area (Å²) in [4.78, 5) is 38.9. The van der Waals surface area contributed by atoms with Gasteiger partial charge in [-0.15, -0.1) is 0 Å². The average Bonchev–Trinajstić information content (AvgIpc) is 3.18. The molecule has 0 radical (unpaired) electrons. The number of likely N-dealkylation sites (tertiary alicyclic amines) is 1. The number of amides is 2. The van der Waals surface area contributed by atoms with E-state index in [1.54, 1.807) is 11.1 Å². The van der Waals surface area contributed by atoms with Crippen LogP contribution in [0.4, 0.5) is 5.82 Å². The monoisotopic (exact) mass is 468 g/mol. The lowest BCUT2D eigenvalue weighted by molar-refractivity contribution is -0.117. The van der Waals surface area contributed by atoms with Gasteiger partial charge < -0.3 is 4.90 Å². The van der Waals surface area contributed by atoms with Crippen molar-refractivity contribution in [2.24, 2.45) is 5.92 Å². The number of piperidine rings is 1. The summed E-state index contributed by atoms with van der Waals surface area (Å²) in [5.41, 5.74) is 4.71. The maximum atomic E-state index is 12.9. The normalized spacial score (nSPS) is 17.7. The SMILES string of the molecule is CC1CCCN(C(=O)c2ccc(CN3C(=O)Cc4cnc(-c5ccccc5C(C)C)nc43)cc2)C1. The minimum absolute atomic E-state index is 0.0195. The lowest BCUT2D eigenvalue weighted by Gasteiger charge is -2.31. The number of hydrogen-bond acceptors (Lipinski definition) is 4. The second-order valence-electron chi connectivity index (χ2n) is 10.1. The minimum Gasteiger partial charge on any atom is -0.338 e. The molecular formula is C29H32N4O2. The molecule has 0 bridgehead atoms. The molecule has 35 heavy (non-hydrogen) atoms. The maximum Gasteiger partial charge on any atom is 0.253 e. The molecule has 2 amide bonds. The fourth-order valence-electron chi connectivity index (χ4n) is 5.12. The third-order valence-electron chi connectivity index (χ3n) is 7.05. The predicted octanol–water partition coefficient (Wildman–Crippen LogP) is 5.23. The van der Waals surface area contributed by atoms with Crippen LogP contribution in [0.15, 0.2) is 54.7 Å². The van der Waals surface area contributed by atoms with Crippen LogP contribution < -0.4 is 4.90 Å². The molecule has 1 saturated heterocycles. The van der Waals surface area contributed by atoms with E-state index in [0.29, 0.717) is 42.0 Å². The van der Waals surface area contributed by atoms with Crippen molar-refractivity contribution in [3.05, 3.63) is 77.0 Å². The zero-order valence-electron chi connectivity index (χ0n) is 20.7. The van der Waals surface area contributed by atoms with Crippen molar-refractivity contribution in [1.29, 1.82) is 0 Å². The molecule has 2 aliphatic heterocycles. The highest BCUT2D eigenvalue weighted by molar-refractivity contribution is 6.00. The summed E-state index contributed by atoms with van der Waals surface area (Å²) in [6.45, 7) is 8.57. The summed E-state index contributed by atoms with van der Waals surface area (Å²) >= 11 is 0. The van der Waals surface area contributed by atoms with Gasteiger partial charge in [-0.05, 0) is 47.9 Å². The molecule has 6 heteroatoms. The highest BCUT2D eigenvalue weighted by atomic mass is 16.2. The van der Waals surface area contributed by atoms with Crippen LogP contribution in [-0.4, -0.2) is 39.8 Å². The summed E-state index contributed by atoms with van der Waals surface area (Å²) in [5, 5.41) is 0. The van der Waals surface area contributed by atoms with E-state index in [1.165, 1.54) is 12.0 Å². The van der Waals surface area contributed by atoms with Crippen molar-refractivity contribution >= 4 is 17.6 Å². The van der Waals surface area contributed by atoms with E-state index in [-0.39, 0.29) is 11.8 Å². The van der Waals surface area contributed by atoms with Gasteiger partial charge in [-0.3, -0.25) is 14.5 Å². The Morgan fingerprint density at radius 3 is 2.63 bits per heavy atom. The molecule has 3 heterocycles. The molecule has 6 nitrogen and oxygen atoms in total. The number of hydrogen-bond donors (Lipinski definition) is 0. The molecule has 0 spiro atoms. The van der Waals surface area contributed by atoms with E-state index < -0.39 is 0 Å². The van der Waals surface area contributed by atoms with Crippen LogP contribution in [0.2, 0.25) is 0 Å². The maximum absolute atomic E-state index is 12.9. The second-order valence-corrected chi connectivity index (χ2v) is 10.1. The molecule has 3 aromatic rings. The van der Waals surface area contributed by atoms with Gasteiger partial charge in [0.25, 0.3) is 5.91 Å². The van der Waals surface area contributed by atoms with E-state index in [1.807, 2.05) is 47.4 Å². The molecule has 1 fully saturated rings. The van der Waals surface area contributed by atoms with E-state index in [2.05, 4.69) is 31.8 Å². The van der Waals surface area contributed by atoms with Crippen molar-refractivity contribution in [3.63, 3.8) is 0 Å². The fourth-order valence-corrected chi connectivity index (χ4v) is 5.12. The molecule has 0 N–H and O–H groups in total. The quantitative estimate of drug-likeness (QED) is 0.514. The van der Waals surface area contributed by atoms with E-state index >= 15 is 0 Å². The first-order chi connectivity index (χ1) is 16.9. The Balaban J connectivity index is 1.36. The molecule has 1 atom stereocenters. The first-order valence-corrected chi connectivity index (χ1v) is 12.5. The molecule has 1 unspecified atom stereocenters. The molecule has 2 aliphatic rings. The first kappa shape index (κ1) is 23.2. The van der Waals surface area contributed by atoms with Crippen LogP contribution in [-0.2, 0) is 17.8 Å². The standard InChI is InChI=1S/C29H32N4O2/c1-19(2)24-8-4-5-9-25(24)27-30-16-23-15-26(34)33(28(23)31-27)18-21-10-12-22(13-11-21)29(35)32-14-6-7-20(3)17-32/h4-5,8-13,16,19-20H,6-7,14-15,17-18H2,1-3H3. The number of fused-ring (bicyclic) bond motifs is 1. The lowest BCUT2D eigenvalue weighted by Crippen LogP contribution is -2.39. The van der Waals surface area contributed by atoms with Crippen LogP contribution >= 0.6 is 0 Å². The highest BCUT2D eigenvalue weighted by Gasteiger charge is 2.30. The third kappa shape index (κ3) is 4.70. The van der Waals surface area contributed by atoms with E-state index in [0.717, 1.165) is 36.2 Å². The van der Waals surface area contributed by atoms with Crippen molar-refractivity contribution in [2.45, 2.75) is 52.5 Å². The zero-order chi connectivity index (χ0) is 24.5. The van der Waals surface area contributed by atoms with Crippen LogP contribution in [0, 0.1) is 5.92 Å². The number of aromatic nitrogens is 2. The predicted molar refractivity (Wildman–Crippen MR) is 137 cm³/mol. The minimum atomic E-state index is 0.0195. The van der Waals surface area contributed by atoms with Gasteiger partial charge in [-0.2, -0.15) is 0 Å². The summed E-state index contributed by atoms with van der Waals surface area (Å²) in [6, 6.07) is 15.8. The zero-order valence-corrected chi connectivity index (χ0v) is 20.7. The van der Waals surface area contributed by atoms with Gasteiger partial charge in [0.2, 0.25) is 5.91 Å².